The van der Waals surface area contributed by atoms with E-state index in [1.807, 2.05) is 16.8 Å². The average Bonchev–Trinajstić information content (AvgIpc) is 3.19. The third-order valence-corrected chi connectivity index (χ3v) is 5.29. The normalized spacial score (nSPS) is 22.1. The molecule has 0 spiro atoms. The molecule has 4 nitrogen and oxygen atoms in total. The lowest BCUT2D eigenvalue weighted by Gasteiger charge is -2.18. The summed E-state index contributed by atoms with van der Waals surface area (Å²) in [6, 6.07) is 2.09. The molecule has 1 amide bonds. The monoisotopic (exact) mass is 308 g/mol. The standard InChI is InChI=1S/C14H16N2O2S2/c17-6-9-2-1-3-11(9)15-13(18)12-8-20-14(16-12)10-4-5-19-7-10/h4-5,7-9,11,17H,1-3,6H2,(H,15,18). The maximum atomic E-state index is 12.2. The molecule has 0 aliphatic heterocycles. The summed E-state index contributed by atoms with van der Waals surface area (Å²) >= 11 is 3.11. The van der Waals surface area contributed by atoms with Crippen molar-refractivity contribution in [2.45, 2.75) is 25.3 Å². The minimum Gasteiger partial charge on any atom is -0.396 e. The molecule has 2 N–H and O–H groups in total. The Hall–Kier alpha value is -1.24. The summed E-state index contributed by atoms with van der Waals surface area (Å²) in [5.41, 5.74) is 1.54. The SMILES string of the molecule is O=C(NC1CCCC1CO)c1csc(-c2ccsc2)n1. The summed E-state index contributed by atoms with van der Waals surface area (Å²) in [4.78, 5) is 16.6. The smallest absolute Gasteiger partial charge is 0.271 e. The van der Waals surface area contributed by atoms with E-state index in [4.69, 9.17) is 0 Å². The van der Waals surface area contributed by atoms with Crippen LogP contribution in [0.25, 0.3) is 10.6 Å². The van der Waals surface area contributed by atoms with Gasteiger partial charge < -0.3 is 10.4 Å². The van der Waals surface area contributed by atoms with Crippen LogP contribution in [0.5, 0.6) is 0 Å². The molecule has 0 radical (unpaired) electrons. The zero-order valence-corrected chi connectivity index (χ0v) is 12.5. The Morgan fingerprint density at radius 3 is 3.10 bits per heavy atom. The van der Waals surface area contributed by atoms with Crippen LogP contribution in [-0.2, 0) is 0 Å². The number of aliphatic hydroxyl groups is 1. The van der Waals surface area contributed by atoms with Gasteiger partial charge in [0.25, 0.3) is 5.91 Å². The second-order valence-electron chi connectivity index (χ2n) is 5.00. The predicted octanol–water partition coefficient (Wildman–Crippen LogP) is 2.76. The van der Waals surface area contributed by atoms with E-state index >= 15 is 0 Å². The van der Waals surface area contributed by atoms with Crippen molar-refractivity contribution < 1.29 is 9.90 Å². The number of hydrogen-bond acceptors (Lipinski definition) is 5. The van der Waals surface area contributed by atoms with E-state index in [1.165, 1.54) is 11.3 Å². The van der Waals surface area contributed by atoms with Crippen molar-refractivity contribution in [3.63, 3.8) is 0 Å². The number of aliphatic hydroxyl groups excluding tert-OH is 1. The highest BCUT2D eigenvalue weighted by atomic mass is 32.1. The first-order chi connectivity index (χ1) is 9.78. The second kappa shape index (κ2) is 6.03. The van der Waals surface area contributed by atoms with Gasteiger partial charge in [-0.2, -0.15) is 11.3 Å². The Bertz CT molecular complexity index is 580. The molecular weight excluding hydrogens is 292 g/mol. The molecule has 2 atom stereocenters. The molecule has 3 rings (SSSR count). The summed E-state index contributed by atoms with van der Waals surface area (Å²) in [6.07, 6.45) is 2.99. The zero-order valence-electron chi connectivity index (χ0n) is 10.9. The molecule has 1 aliphatic carbocycles. The van der Waals surface area contributed by atoms with Crippen LogP contribution < -0.4 is 5.32 Å². The molecule has 106 valence electrons. The van der Waals surface area contributed by atoms with Crippen LogP contribution >= 0.6 is 22.7 Å². The topological polar surface area (TPSA) is 62.2 Å². The van der Waals surface area contributed by atoms with Crippen LogP contribution in [0.15, 0.2) is 22.2 Å². The first-order valence-electron chi connectivity index (χ1n) is 6.67. The number of aromatic nitrogens is 1. The van der Waals surface area contributed by atoms with Gasteiger partial charge in [-0.3, -0.25) is 4.79 Å². The van der Waals surface area contributed by atoms with Gasteiger partial charge in [-0.25, -0.2) is 4.98 Å². The maximum Gasteiger partial charge on any atom is 0.271 e. The fraction of sp³-hybridized carbons (Fsp3) is 0.429. The van der Waals surface area contributed by atoms with Crippen LogP contribution in [0.4, 0.5) is 0 Å². The first-order valence-corrected chi connectivity index (χ1v) is 8.50. The molecule has 0 bridgehead atoms. The summed E-state index contributed by atoms with van der Waals surface area (Å²) in [5, 5.41) is 19.0. The molecule has 2 aromatic heterocycles. The second-order valence-corrected chi connectivity index (χ2v) is 6.64. The van der Waals surface area contributed by atoms with Gasteiger partial charge >= 0.3 is 0 Å². The summed E-state index contributed by atoms with van der Waals surface area (Å²) < 4.78 is 0. The number of thiophene rings is 1. The van der Waals surface area contributed by atoms with E-state index in [9.17, 15) is 9.90 Å². The fourth-order valence-electron chi connectivity index (χ4n) is 2.58. The van der Waals surface area contributed by atoms with E-state index in [1.54, 1.807) is 16.7 Å². The molecule has 1 saturated carbocycles. The number of nitrogens with zero attached hydrogens (tertiary/aromatic N) is 1. The van der Waals surface area contributed by atoms with Gasteiger partial charge in [-0.1, -0.05) is 6.42 Å². The molecule has 20 heavy (non-hydrogen) atoms. The van der Waals surface area contributed by atoms with Gasteiger partial charge in [0.2, 0.25) is 0 Å². The highest BCUT2D eigenvalue weighted by Gasteiger charge is 2.28. The van der Waals surface area contributed by atoms with Gasteiger partial charge in [0.05, 0.1) is 0 Å². The van der Waals surface area contributed by atoms with Crippen LogP contribution in [-0.4, -0.2) is 28.6 Å². The number of rotatable bonds is 4. The van der Waals surface area contributed by atoms with Crippen LogP contribution in [0, 0.1) is 5.92 Å². The van der Waals surface area contributed by atoms with Gasteiger partial charge in [0.15, 0.2) is 0 Å². The Kier molecular flexibility index (Phi) is 4.14. The highest BCUT2D eigenvalue weighted by molar-refractivity contribution is 7.14. The lowest BCUT2D eigenvalue weighted by atomic mass is 10.1. The molecule has 2 aromatic rings. The molecule has 0 aromatic carbocycles. The number of carbonyl (C=O) groups excluding carboxylic acids is 1. The van der Waals surface area contributed by atoms with E-state index in [-0.39, 0.29) is 24.5 Å². The Labute approximate surface area is 125 Å². The average molecular weight is 308 g/mol. The Balaban J connectivity index is 1.68. The van der Waals surface area contributed by atoms with Crippen molar-refractivity contribution in [2.24, 2.45) is 5.92 Å². The zero-order chi connectivity index (χ0) is 13.9. The summed E-state index contributed by atoms with van der Waals surface area (Å²) in [7, 11) is 0. The maximum absolute atomic E-state index is 12.2. The number of hydrogen-bond donors (Lipinski definition) is 2. The van der Waals surface area contributed by atoms with Crippen LogP contribution in [0.2, 0.25) is 0 Å². The van der Waals surface area contributed by atoms with Crippen molar-refractivity contribution >= 4 is 28.6 Å². The van der Waals surface area contributed by atoms with Crippen molar-refractivity contribution in [1.29, 1.82) is 0 Å². The third kappa shape index (κ3) is 2.77. The van der Waals surface area contributed by atoms with E-state index in [0.717, 1.165) is 29.8 Å². The number of amides is 1. The van der Waals surface area contributed by atoms with Crippen molar-refractivity contribution in [2.75, 3.05) is 6.61 Å². The summed E-state index contributed by atoms with van der Waals surface area (Å²) in [6.45, 7) is 0.141. The lowest BCUT2D eigenvalue weighted by Crippen LogP contribution is -2.38. The minimum atomic E-state index is -0.131. The molecule has 2 heterocycles. The number of nitrogens with one attached hydrogen (secondary N) is 1. The van der Waals surface area contributed by atoms with Crippen LogP contribution in [0.1, 0.15) is 29.8 Å². The fourth-order valence-corrected chi connectivity index (χ4v) is 4.10. The molecule has 1 fully saturated rings. The van der Waals surface area contributed by atoms with E-state index in [0.29, 0.717) is 5.69 Å². The minimum absolute atomic E-state index is 0.0822. The number of thiazole rings is 1. The molecular formula is C14H16N2O2S2. The molecule has 6 heteroatoms. The molecule has 1 aliphatic rings. The number of carbonyl (C=O) groups is 1. The molecule has 2 unspecified atom stereocenters. The van der Waals surface area contributed by atoms with Crippen LogP contribution in [0.3, 0.4) is 0 Å². The third-order valence-electron chi connectivity index (χ3n) is 3.72. The first kappa shape index (κ1) is 13.7. The van der Waals surface area contributed by atoms with Gasteiger partial charge in [0.1, 0.15) is 10.7 Å². The Morgan fingerprint density at radius 1 is 1.45 bits per heavy atom. The highest BCUT2D eigenvalue weighted by Crippen LogP contribution is 2.27. The van der Waals surface area contributed by atoms with Crippen molar-refractivity contribution in [3.05, 3.63) is 27.9 Å². The predicted molar refractivity (Wildman–Crippen MR) is 81.1 cm³/mol. The van der Waals surface area contributed by atoms with Gasteiger partial charge in [-0.05, 0) is 24.3 Å². The van der Waals surface area contributed by atoms with Crippen molar-refractivity contribution in [3.8, 4) is 10.6 Å². The summed E-state index contributed by atoms with van der Waals surface area (Å²) in [5.74, 6) is 0.0574. The lowest BCUT2D eigenvalue weighted by molar-refractivity contribution is 0.0912. The van der Waals surface area contributed by atoms with E-state index < -0.39 is 0 Å². The van der Waals surface area contributed by atoms with Crippen molar-refractivity contribution in [1.82, 2.24) is 10.3 Å². The van der Waals surface area contributed by atoms with Gasteiger partial charge in [-0.15, -0.1) is 11.3 Å². The quantitative estimate of drug-likeness (QED) is 0.913. The van der Waals surface area contributed by atoms with E-state index in [2.05, 4.69) is 10.3 Å². The van der Waals surface area contributed by atoms with Gasteiger partial charge in [0, 0.05) is 34.9 Å². The molecule has 0 saturated heterocycles. The Morgan fingerprint density at radius 2 is 2.35 bits per heavy atom. The largest absolute Gasteiger partial charge is 0.396 e.